The molecule has 1 N–H and O–H groups in total. The largest absolute Gasteiger partial charge is 0.493 e. The van der Waals surface area contributed by atoms with Crippen LogP contribution < -0.4 is 14.8 Å². The number of hydrogen-bond donors (Lipinski definition) is 1. The molecule has 1 aromatic rings. The summed E-state index contributed by atoms with van der Waals surface area (Å²) in [5, 5.41) is 3.44. The summed E-state index contributed by atoms with van der Waals surface area (Å²) >= 11 is 3.59. The van der Waals surface area contributed by atoms with E-state index in [0.29, 0.717) is 30.9 Å². The second kappa shape index (κ2) is 8.19. The fraction of sp³-hybridized carbons (Fsp3) is 0.391. The van der Waals surface area contributed by atoms with Crippen LogP contribution in [0.4, 0.5) is 0 Å². The number of allylic oxidation sites excluding steroid dienone is 4. The zero-order valence-corrected chi connectivity index (χ0v) is 18.1. The topological polar surface area (TPSA) is 64.6 Å². The number of carbonyl (C=O) groups excluding carboxylic acids is 2. The molecule has 2 aliphatic carbocycles. The van der Waals surface area contributed by atoms with Gasteiger partial charge in [-0.25, -0.2) is 0 Å². The molecule has 6 heteroatoms. The van der Waals surface area contributed by atoms with Gasteiger partial charge in [0.1, 0.15) is 6.61 Å². The van der Waals surface area contributed by atoms with E-state index in [1.165, 1.54) is 0 Å². The number of Topliss-reactive ketones (excluding diaryl/α,β-unsaturated/α-hetero) is 2. The van der Waals surface area contributed by atoms with E-state index in [1.807, 2.05) is 12.1 Å². The first kappa shape index (κ1) is 20.0. The Hall–Kier alpha value is -2.34. The highest BCUT2D eigenvalue weighted by molar-refractivity contribution is 9.10. The second-order valence-electron chi connectivity index (χ2n) is 7.53. The molecule has 1 heterocycles. The lowest BCUT2D eigenvalue weighted by Gasteiger charge is -2.37. The van der Waals surface area contributed by atoms with Gasteiger partial charge in [-0.3, -0.25) is 9.59 Å². The van der Waals surface area contributed by atoms with Gasteiger partial charge < -0.3 is 14.8 Å². The Balaban J connectivity index is 1.88. The van der Waals surface area contributed by atoms with E-state index in [-0.39, 0.29) is 17.5 Å². The molecule has 3 aliphatic rings. The van der Waals surface area contributed by atoms with Gasteiger partial charge in [0, 0.05) is 41.3 Å². The Morgan fingerprint density at radius 2 is 1.72 bits per heavy atom. The Morgan fingerprint density at radius 1 is 1.10 bits per heavy atom. The summed E-state index contributed by atoms with van der Waals surface area (Å²) in [4.78, 5) is 25.9. The molecule has 0 bridgehead atoms. The summed E-state index contributed by atoms with van der Waals surface area (Å²) < 4.78 is 12.0. The molecular weight excluding hydrogens is 434 g/mol. The molecule has 4 rings (SSSR count). The van der Waals surface area contributed by atoms with Crippen LogP contribution in [0.15, 0.2) is 51.8 Å². The maximum atomic E-state index is 12.9. The van der Waals surface area contributed by atoms with E-state index in [9.17, 15) is 9.59 Å². The number of hydrogen-bond acceptors (Lipinski definition) is 5. The molecule has 0 radical (unpaired) electrons. The van der Waals surface area contributed by atoms with Crippen molar-refractivity contribution in [3.05, 3.63) is 57.4 Å². The summed E-state index contributed by atoms with van der Waals surface area (Å²) in [6, 6.07) is 3.83. The van der Waals surface area contributed by atoms with Crippen LogP contribution in [0.25, 0.3) is 0 Å². The summed E-state index contributed by atoms with van der Waals surface area (Å²) in [5.74, 6) is 1.02. The first-order valence-electron chi connectivity index (χ1n) is 9.95. The third-order valence-corrected chi connectivity index (χ3v) is 6.31. The van der Waals surface area contributed by atoms with Gasteiger partial charge in [0.25, 0.3) is 0 Å². The van der Waals surface area contributed by atoms with Gasteiger partial charge in [-0.05, 0) is 59.3 Å². The Bertz CT molecular complexity index is 918. The maximum absolute atomic E-state index is 12.9. The van der Waals surface area contributed by atoms with Crippen molar-refractivity contribution in [2.75, 3.05) is 13.7 Å². The van der Waals surface area contributed by atoms with E-state index in [0.717, 1.165) is 58.3 Å². The van der Waals surface area contributed by atoms with Gasteiger partial charge >= 0.3 is 0 Å². The highest BCUT2D eigenvalue weighted by Crippen LogP contribution is 2.48. The molecule has 0 amide bonds. The van der Waals surface area contributed by atoms with Crippen LogP contribution in [0.2, 0.25) is 0 Å². The van der Waals surface area contributed by atoms with Crippen LogP contribution in [0.5, 0.6) is 11.5 Å². The predicted molar refractivity (Wildman–Crippen MR) is 114 cm³/mol. The Morgan fingerprint density at radius 3 is 2.28 bits per heavy atom. The quantitative estimate of drug-likeness (QED) is 0.647. The van der Waals surface area contributed by atoms with Gasteiger partial charge in [-0.15, -0.1) is 0 Å². The van der Waals surface area contributed by atoms with E-state index in [2.05, 4.69) is 27.8 Å². The molecule has 0 unspecified atom stereocenters. The molecule has 29 heavy (non-hydrogen) atoms. The van der Waals surface area contributed by atoms with Crippen molar-refractivity contribution in [3.8, 4) is 11.5 Å². The molecule has 5 nitrogen and oxygen atoms in total. The lowest BCUT2D eigenvalue weighted by atomic mass is 9.71. The molecule has 152 valence electrons. The van der Waals surface area contributed by atoms with Crippen molar-refractivity contribution < 1.29 is 19.1 Å². The number of rotatable bonds is 5. The van der Waals surface area contributed by atoms with E-state index >= 15 is 0 Å². The van der Waals surface area contributed by atoms with E-state index in [4.69, 9.17) is 9.47 Å². The number of ether oxygens (including phenoxy) is 2. The number of dihydropyridines is 1. The zero-order valence-electron chi connectivity index (χ0n) is 16.5. The van der Waals surface area contributed by atoms with Crippen molar-refractivity contribution in [1.29, 1.82) is 0 Å². The number of methoxy groups -OCH3 is 1. The maximum Gasteiger partial charge on any atom is 0.175 e. The van der Waals surface area contributed by atoms with E-state index in [1.54, 1.807) is 13.2 Å². The SMILES string of the molecule is C=CCOc1c(Br)cc(C2C3=C(CCCC3=O)NC3=C2C(=O)CCC3)cc1OC. The molecule has 1 aromatic carbocycles. The number of halogens is 1. The van der Waals surface area contributed by atoms with Crippen LogP contribution in [-0.2, 0) is 9.59 Å². The molecular formula is C23H24BrNO4. The fourth-order valence-electron chi connectivity index (χ4n) is 4.51. The zero-order chi connectivity index (χ0) is 20.5. The number of benzene rings is 1. The van der Waals surface area contributed by atoms with Gasteiger partial charge in [0.05, 0.1) is 11.6 Å². The van der Waals surface area contributed by atoms with Gasteiger partial charge in [0.15, 0.2) is 23.1 Å². The van der Waals surface area contributed by atoms with Gasteiger partial charge in [-0.2, -0.15) is 0 Å². The molecule has 0 aromatic heterocycles. The summed E-state index contributed by atoms with van der Waals surface area (Å²) in [6.45, 7) is 4.03. The molecule has 0 fully saturated rings. The van der Waals surface area contributed by atoms with Crippen LogP contribution in [0.1, 0.15) is 50.0 Å². The number of nitrogens with one attached hydrogen (secondary N) is 1. The predicted octanol–water partition coefficient (Wildman–Crippen LogP) is 4.72. The highest BCUT2D eigenvalue weighted by atomic mass is 79.9. The standard InChI is InChI=1S/C23H24BrNO4/c1-3-10-29-23-14(24)11-13(12-19(23)28-2)20-21-15(6-4-8-17(21)26)25-16-7-5-9-18(27)22(16)20/h3,11-12,20,25H,1,4-10H2,2H3. The molecule has 0 spiro atoms. The van der Waals surface area contributed by atoms with Crippen molar-refractivity contribution in [3.63, 3.8) is 0 Å². The van der Waals surface area contributed by atoms with Crippen LogP contribution in [0.3, 0.4) is 0 Å². The third kappa shape index (κ3) is 3.54. The van der Waals surface area contributed by atoms with Crippen molar-refractivity contribution in [2.24, 2.45) is 0 Å². The third-order valence-electron chi connectivity index (χ3n) is 5.72. The average molecular weight is 458 g/mol. The molecule has 0 saturated heterocycles. The average Bonchev–Trinajstić information content (AvgIpc) is 2.71. The van der Waals surface area contributed by atoms with Crippen LogP contribution >= 0.6 is 15.9 Å². The van der Waals surface area contributed by atoms with Crippen molar-refractivity contribution in [2.45, 2.75) is 44.4 Å². The summed E-state index contributed by atoms with van der Waals surface area (Å²) in [6.07, 6.45) is 6.06. The highest BCUT2D eigenvalue weighted by Gasteiger charge is 2.40. The number of ketones is 2. The van der Waals surface area contributed by atoms with Gasteiger partial charge in [-0.1, -0.05) is 12.7 Å². The molecule has 0 atom stereocenters. The minimum absolute atomic E-state index is 0.121. The van der Waals surface area contributed by atoms with E-state index < -0.39 is 0 Å². The van der Waals surface area contributed by atoms with Crippen LogP contribution in [-0.4, -0.2) is 25.3 Å². The fourth-order valence-corrected chi connectivity index (χ4v) is 5.08. The number of carbonyl (C=O) groups is 2. The molecule has 1 aliphatic heterocycles. The normalized spacial score (nSPS) is 19.5. The van der Waals surface area contributed by atoms with Crippen molar-refractivity contribution >= 4 is 27.5 Å². The minimum Gasteiger partial charge on any atom is -0.493 e. The summed E-state index contributed by atoms with van der Waals surface area (Å²) in [7, 11) is 1.58. The first-order chi connectivity index (χ1) is 14.0. The monoisotopic (exact) mass is 457 g/mol. The van der Waals surface area contributed by atoms with Crippen LogP contribution in [0, 0.1) is 0 Å². The Labute approximate surface area is 179 Å². The Kier molecular flexibility index (Phi) is 5.63. The lowest BCUT2D eigenvalue weighted by Crippen LogP contribution is -2.36. The minimum atomic E-state index is -0.361. The van der Waals surface area contributed by atoms with Gasteiger partial charge in [0.2, 0.25) is 0 Å². The summed E-state index contributed by atoms with van der Waals surface area (Å²) in [5.41, 5.74) is 4.29. The van der Waals surface area contributed by atoms with Crippen molar-refractivity contribution in [1.82, 2.24) is 5.32 Å². The second-order valence-corrected chi connectivity index (χ2v) is 8.38. The first-order valence-corrected chi connectivity index (χ1v) is 10.7. The lowest BCUT2D eigenvalue weighted by molar-refractivity contribution is -0.116. The molecule has 0 saturated carbocycles. The smallest absolute Gasteiger partial charge is 0.175 e.